The van der Waals surface area contributed by atoms with Gasteiger partial charge in [-0.05, 0) is 23.8 Å². The van der Waals surface area contributed by atoms with E-state index in [-0.39, 0.29) is 11.3 Å². The van der Waals surface area contributed by atoms with Crippen LogP contribution in [0.4, 0.5) is 10.8 Å². The smallest absolute Gasteiger partial charge is 0.282 e. The van der Waals surface area contributed by atoms with E-state index < -0.39 is 10.8 Å². The molecule has 3 aromatic rings. The summed E-state index contributed by atoms with van der Waals surface area (Å²) >= 11 is 7.28. The van der Waals surface area contributed by atoms with Crippen molar-refractivity contribution < 1.29 is 9.72 Å². The average Bonchev–Trinajstić information content (AvgIpc) is 3.01. The van der Waals surface area contributed by atoms with Gasteiger partial charge in [0.2, 0.25) is 0 Å². The standard InChI is InChI=1S/C17H12ClN3O3S/c18-12-5-3-4-11(8-12)9-13-10-19-17(25-13)20-16(22)14-6-1-2-7-15(14)21(23)24/h1-8,10H,9H2,(H,19,20,22). The van der Waals surface area contributed by atoms with E-state index in [2.05, 4.69) is 10.3 Å². The number of nitro benzene ring substituents is 1. The van der Waals surface area contributed by atoms with E-state index in [1.165, 1.54) is 29.5 Å². The minimum Gasteiger partial charge on any atom is -0.298 e. The fraction of sp³-hybridized carbons (Fsp3) is 0.0588. The zero-order valence-electron chi connectivity index (χ0n) is 12.8. The summed E-state index contributed by atoms with van der Waals surface area (Å²) in [5.41, 5.74) is 0.794. The van der Waals surface area contributed by atoms with E-state index >= 15 is 0 Å². The maximum absolute atomic E-state index is 12.3. The van der Waals surface area contributed by atoms with Gasteiger partial charge in [-0.15, -0.1) is 11.3 Å². The number of hydrogen-bond acceptors (Lipinski definition) is 5. The number of carbonyl (C=O) groups excluding carboxylic acids is 1. The Kier molecular flexibility index (Phi) is 5.06. The lowest BCUT2D eigenvalue weighted by atomic mass is 10.1. The summed E-state index contributed by atoms with van der Waals surface area (Å²) in [6.45, 7) is 0. The number of hydrogen-bond donors (Lipinski definition) is 1. The molecule has 1 heterocycles. The van der Waals surface area contributed by atoms with Crippen LogP contribution < -0.4 is 5.32 Å². The van der Waals surface area contributed by atoms with Gasteiger partial charge in [0.15, 0.2) is 5.13 Å². The fourth-order valence-electron chi connectivity index (χ4n) is 2.28. The Balaban J connectivity index is 1.73. The minimum atomic E-state index is -0.582. The van der Waals surface area contributed by atoms with Crippen molar-refractivity contribution in [3.05, 3.63) is 85.9 Å². The molecule has 3 rings (SSSR count). The highest BCUT2D eigenvalue weighted by Crippen LogP contribution is 2.24. The molecule has 126 valence electrons. The van der Waals surface area contributed by atoms with Crippen LogP contribution in [-0.4, -0.2) is 15.8 Å². The summed E-state index contributed by atoms with van der Waals surface area (Å²) < 4.78 is 0. The molecule has 1 N–H and O–H groups in total. The Morgan fingerprint density at radius 2 is 2.04 bits per heavy atom. The Hall–Kier alpha value is -2.77. The van der Waals surface area contributed by atoms with E-state index in [1.807, 2.05) is 18.2 Å². The lowest BCUT2D eigenvalue weighted by Gasteiger charge is -2.02. The van der Waals surface area contributed by atoms with E-state index in [4.69, 9.17) is 11.6 Å². The van der Waals surface area contributed by atoms with Crippen LogP contribution in [0.15, 0.2) is 54.7 Å². The van der Waals surface area contributed by atoms with Crippen molar-refractivity contribution in [2.45, 2.75) is 6.42 Å². The van der Waals surface area contributed by atoms with Gasteiger partial charge in [-0.1, -0.05) is 35.9 Å². The third-order valence-corrected chi connectivity index (χ3v) is 4.53. The lowest BCUT2D eigenvalue weighted by molar-refractivity contribution is -0.385. The number of benzene rings is 2. The highest BCUT2D eigenvalue weighted by Gasteiger charge is 2.20. The molecule has 1 amide bonds. The number of amides is 1. The van der Waals surface area contributed by atoms with Crippen LogP contribution in [0.25, 0.3) is 0 Å². The number of halogens is 1. The Morgan fingerprint density at radius 1 is 1.24 bits per heavy atom. The molecule has 0 unspecified atom stereocenters. The van der Waals surface area contributed by atoms with Gasteiger partial charge in [-0.25, -0.2) is 4.98 Å². The van der Waals surface area contributed by atoms with Crippen LogP contribution in [0.5, 0.6) is 0 Å². The van der Waals surface area contributed by atoms with Crippen LogP contribution in [0, 0.1) is 10.1 Å². The van der Waals surface area contributed by atoms with Crippen LogP contribution in [0.3, 0.4) is 0 Å². The number of aromatic nitrogens is 1. The summed E-state index contributed by atoms with van der Waals surface area (Å²) in [7, 11) is 0. The highest BCUT2D eigenvalue weighted by molar-refractivity contribution is 7.15. The second-order valence-corrected chi connectivity index (χ2v) is 6.72. The second-order valence-electron chi connectivity index (χ2n) is 5.17. The lowest BCUT2D eigenvalue weighted by Crippen LogP contribution is -2.13. The van der Waals surface area contributed by atoms with Crippen LogP contribution in [0.2, 0.25) is 5.02 Å². The third-order valence-electron chi connectivity index (χ3n) is 3.39. The van der Waals surface area contributed by atoms with E-state index in [1.54, 1.807) is 18.3 Å². The zero-order chi connectivity index (χ0) is 17.8. The van der Waals surface area contributed by atoms with Crippen molar-refractivity contribution >= 4 is 39.7 Å². The number of carbonyl (C=O) groups is 1. The van der Waals surface area contributed by atoms with E-state index in [0.29, 0.717) is 16.6 Å². The van der Waals surface area contributed by atoms with Crippen LogP contribution >= 0.6 is 22.9 Å². The molecule has 1 aromatic heterocycles. The predicted octanol–water partition coefficient (Wildman–Crippen LogP) is 4.55. The summed E-state index contributed by atoms with van der Waals surface area (Å²) in [5.74, 6) is -0.559. The molecule has 0 bridgehead atoms. The van der Waals surface area contributed by atoms with E-state index in [9.17, 15) is 14.9 Å². The van der Waals surface area contributed by atoms with Gasteiger partial charge in [0, 0.05) is 28.6 Å². The predicted molar refractivity (Wildman–Crippen MR) is 97.4 cm³/mol. The first-order chi connectivity index (χ1) is 12.0. The summed E-state index contributed by atoms with van der Waals surface area (Å²) in [6.07, 6.45) is 2.31. The normalized spacial score (nSPS) is 10.4. The Morgan fingerprint density at radius 3 is 2.80 bits per heavy atom. The van der Waals surface area contributed by atoms with Gasteiger partial charge >= 0.3 is 0 Å². The molecule has 0 saturated carbocycles. The first kappa shape index (κ1) is 17.1. The summed E-state index contributed by atoms with van der Waals surface area (Å²) in [4.78, 5) is 27.8. The van der Waals surface area contributed by atoms with Crippen molar-refractivity contribution in [2.24, 2.45) is 0 Å². The molecule has 0 radical (unpaired) electrons. The monoisotopic (exact) mass is 373 g/mol. The Bertz CT molecular complexity index is 942. The van der Waals surface area contributed by atoms with Gasteiger partial charge in [0.1, 0.15) is 5.56 Å². The second kappa shape index (κ2) is 7.42. The number of nitrogens with zero attached hydrogens (tertiary/aromatic N) is 2. The number of nitro groups is 1. The fourth-order valence-corrected chi connectivity index (χ4v) is 3.34. The van der Waals surface area contributed by atoms with Gasteiger partial charge in [-0.3, -0.25) is 20.2 Å². The SMILES string of the molecule is O=C(Nc1ncc(Cc2cccc(Cl)c2)s1)c1ccccc1[N+](=O)[O-]. The average molecular weight is 374 g/mol. The molecule has 6 nitrogen and oxygen atoms in total. The number of thiazole rings is 1. The highest BCUT2D eigenvalue weighted by atomic mass is 35.5. The van der Waals surface area contributed by atoms with Crippen molar-refractivity contribution in [1.29, 1.82) is 0 Å². The molecular formula is C17H12ClN3O3S. The van der Waals surface area contributed by atoms with Gasteiger partial charge < -0.3 is 0 Å². The quantitative estimate of drug-likeness (QED) is 0.525. The van der Waals surface area contributed by atoms with Crippen molar-refractivity contribution in [3.8, 4) is 0 Å². The van der Waals surface area contributed by atoms with Gasteiger partial charge in [-0.2, -0.15) is 0 Å². The molecule has 0 aliphatic heterocycles. The molecule has 0 saturated heterocycles. The number of nitrogens with one attached hydrogen (secondary N) is 1. The maximum atomic E-state index is 12.3. The maximum Gasteiger partial charge on any atom is 0.282 e. The zero-order valence-corrected chi connectivity index (χ0v) is 14.4. The molecule has 8 heteroatoms. The molecule has 0 aliphatic carbocycles. The van der Waals surface area contributed by atoms with Crippen LogP contribution in [0.1, 0.15) is 20.8 Å². The molecule has 0 fully saturated rings. The molecule has 25 heavy (non-hydrogen) atoms. The van der Waals surface area contributed by atoms with Crippen LogP contribution in [-0.2, 0) is 6.42 Å². The number of rotatable bonds is 5. The van der Waals surface area contributed by atoms with Crippen molar-refractivity contribution in [3.63, 3.8) is 0 Å². The molecular weight excluding hydrogens is 362 g/mol. The van der Waals surface area contributed by atoms with Gasteiger partial charge in [0.05, 0.1) is 4.92 Å². The van der Waals surface area contributed by atoms with Crippen molar-refractivity contribution in [2.75, 3.05) is 5.32 Å². The largest absolute Gasteiger partial charge is 0.298 e. The topological polar surface area (TPSA) is 85.1 Å². The summed E-state index contributed by atoms with van der Waals surface area (Å²) in [5, 5.41) is 14.7. The van der Waals surface area contributed by atoms with Crippen molar-refractivity contribution in [1.82, 2.24) is 4.98 Å². The third kappa shape index (κ3) is 4.20. The van der Waals surface area contributed by atoms with Gasteiger partial charge in [0.25, 0.3) is 11.6 Å². The minimum absolute atomic E-state index is 0.000841. The molecule has 0 aliphatic rings. The Labute approximate surface area is 152 Å². The first-order valence-electron chi connectivity index (χ1n) is 7.27. The number of anilines is 1. The molecule has 0 atom stereocenters. The first-order valence-corrected chi connectivity index (χ1v) is 8.46. The molecule has 2 aromatic carbocycles. The van der Waals surface area contributed by atoms with E-state index in [0.717, 1.165) is 10.4 Å². The number of para-hydroxylation sites is 1. The summed E-state index contributed by atoms with van der Waals surface area (Å²) in [6, 6.07) is 13.3. The molecule has 0 spiro atoms.